The Morgan fingerprint density at radius 1 is 1.27 bits per heavy atom. The highest BCUT2D eigenvalue weighted by Gasteiger charge is 2.15. The average Bonchev–Trinajstić information content (AvgIpc) is 3.20. The van der Waals surface area contributed by atoms with Gasteiger partial charge >= 0.3 is 0 Å². The Hall–Kier alpha value is -3.03. The second-order valence-corrected chi connectivity index (χ2v) is 6.17. The largest absolute Gasteiger partial charge is 0.419 e. The molecule has 26 heavy (non-hydrogen) atoms. The summed E-state index contributed by atoms with van der Waals surface area (Å²) in [4.78, 5) is 13.9. The molecule has 0 spiro atoms. The fraction of sp³-hybridized carbons (Fsp3) is 0.333. The summed E-state index contributed by atoms with van der Waals surface area (Å²) in [5, 5.41) is 12.3. The van der Waals surface area contributed by atoms with E-state index in [1.807, 2.05) is 13.0 Å². The molecule has 0 saturated carbocycles. The maximum absolute atomic E-state index is 12.9. The van der Waals surface area contributed by atoms with Crippen molar-refractivity contribution in [3.63, 3.8) is 0 Å². The summed E-state index contributed by atoms with van der Waals surface area (Å²) < 4.78 is 20.2. The summed E-state index contributed by atoms with van der Waals surface area (Å²) in [6, 6.07) is 7.96. The molecule has 0 aliphatic rings. The number of aryl methyl sites for hydroxylation is 3. The zero-order valence-electron chi connectivity index (χ0n) is 14.9. The maximum atomic E-state index is 12.9. The van der Waals surface area contributed by atoms with Crippen LogP contribution in [-0.4, -0.2) is 37.8 Å². The third kappa shape index (κ3) is 4.14. The predicted molar refractivity (Wildman–Crippen MR) is 92.4 cm³/mol. The zero-order valence-corrected chi connectivity index (χ0v) is 14.9. The summed E-state index contributed by atoms with van der Waals surface area (Å²) in [6.45, 7) is 2.30. The quantitative estimate of drug-likeness (QED) is 0.677. The molecule has 0 bridgehead atoms. The van der Waals surface area contributed by atoms with Crippen molar-refractivity contribution in [3.05, 3.63) is 53.3 Å². The molecular weight excluding hydrogens is 337 g/mol. The van der Waals surface area contributed by atoms with Crippen molar-refractivity contribution in [2.24, 2.45) is 7.05 Å². The van der Waals surface area contributed by atoms with Crippen LogP contribution in [0.3, 0.4) is 0 Å². The molecule has 0 aliphatic heterocycles. The van der Waals surface area contributed by atoms with Gasteiger partial charge in [0, 0.05) is 33.5 Å². The van der Waals surface area contributed by atoms with Crippen molar-refractivity contribution >= 4 is 5.91 Å². The van der Waals surface area contributed by atoms with Gasteiger partial charge in [-0.05, 0) is 30.7 Å². The van der Waals surface area contributed by atoms with Gasteiger partial charge in [-0.2, -0.15) is 5.10 Å². The van der Waals surface area contributed by atoms with E-state index in [1.165, 1.54) is 12.1 Å². The lowest BCUT2D eigenvalue weighted by molar-refractivity contribution is -0.130. The molecular formula is C18H20FN5O2. The first-order valence-corrected chi connectivity index (χ1v) is 8.24. The monoisotopic (exact) mass is 357 g/mol. The highest BCUT2D eigenvalue weighted by Crippen LogP contribution is 2.18. The SMILES string of the molecule is Cc1cc(-c2nnc(CCC(=O)N(C)Cc3ccc(F)cc3)o2)n(C)n1. The molecule has 0 aliphatic carbocycles. The van der Waals surface area contributed by atoms with Crippen LogP contribution in [-0.2, 0) is 24.8 Å². The van der Waals surface area contributed by atoms with Crippen LogP contribution in [0.1, 0.15) is 23.6 Å². The van der Waals surface area contributed by atoms with E-state index in [2.05, 4.69) is 15.3 Å². The molecule has 7 nitrogen and oxygen atoms in total. The summed E-state index contributed by atoms with van der Waals surface area (Å²) in [5.41, 5.74) is 2.47. The van der Waals surface area contributed by atoms with Gasteiger partial charge in [0.1, 0.15) is 11.5 Å². The van der Waals surface area contributed by atoms with Crippen LogP contribution in [0.4, 0.5) is 4.39 Å². The predicted octanol–water partition coefficient (Wildman–Crippen LogP) is 2.51. The molecule has 0 unspecified atom stereocenters. The highest BCUT2D eigenvalue weighted by molar-refractivity contribution is 5.76. The molecule has 8 heteroatoms. The van der Waals surface area contributed by atoms with E-state index in [-0.39, 0.29) is 18.1 Å². The Bertz CT molecular complexity index is 901. The minimum absolute atomic E-state index is 0.0505. The smallest absolute Gasteiger partial charge is 0.265 e. The molecule has 2 aromatic heterocycles. The number of amides is 1. The number of benzene rings is 1. The van der Waals surface area contributed by atoms with E-state index in [9.17, 15) is 9.18 Å². The van der Waals surface area contributed by atoms with Crippen LogP contribution in [0.5, 0.6) is 0 Å². The van der Waals surface area contributed by atoms with Crippen LogP contribution in [0, 0.1) is 12.7 Å². The lowest BCUT2D eigenvalue weighted by Crippen LogP contribution is -2.26. The van der Waals surface area contributed by atoms with Crippen molar-refractivity contribution in [1.82, 2.24) is 24.9 Å². The van der Waals surface area contributed by atoms with Gasteiger partial charge in [-0.15, -0.1) is 10.2 Å². The topological polar surface area (TPSA) is 77.0 Å². The molecule has 3 aromatic rings. The summed E-state index contributed by atoms with van der Waals surface area (Å²) in [7, 11) is 3.52. The number of carbonyl (C=O) groups excluding carboxylic acids is 1. The van der Waals surface area contributed by atoms with Gasteiger partial charge in [0.2, 0.25) is 11.8 Å². The number of nitrogens with zero attached hydrogens (tertiary/aromatic N) is 5. The molecule has 0 saturated heterocycles. The third-order valence-electron chi connectivity index (χ3n) is 4.00. The molecule has 136 valence electrons. The van der Waals surface area contributed by atoms with Crippen LogP contribution < -0.4 is 0 Å². The van der Waals surface area contributed by atoms with Crippen molar-refractivity contribution < 1.29 is 13.6 Å². The fourth-order valence-electron chi connectivity index (χ4n) is 2.63. The Kier molecular flexibility index (Phi) is 5.11. The van der Waals surface area contributed by atoms with Gasteiger partial charge in [-0.1, -0.05) is 12.1 Å². The minimum atomic E-state index is -0.293. The Labute approximate surface area is 150 Å². The molecule has 3 rings (SSSR count). The number of halogens is 1. The van der Waals surface area contributed by atoms with E-state index in [0.29, 0.717) is 24.7 Å². The van der Waals surface area contributed by atoms with E-state index in [4.69, 9.17) is 4.42 Å². The van der Waals surface area contributed by atoms with Gasteiger partial charge in [-0.3, -0.25) is 9.48 Å². The molecule has 2 heterocycles. The number of aromatic nitrogens is 4. The standard InChI is InChI=1S/C18H20FN5O2/c1-12-10-15(24(3)22-12)18-21-20-16(26-18)8-9-17(25)23(2)11-13-4-6-14(19)7-5-13/h4-7,10H,8-9,11H2,1-3H3. The fourth-order valence-corrected chi connectivity index (χ4v) is 2.63. The Balaban J connectivity index is 1.56. The first kappa shape index (κ1) is 17.8. The summed E-state index contributed by atoms with van der Waals surface area (Å²) in [5.74, 6) is 0.446. The van der Waals surface area contributed by atoms with Crippen LogP contribution in [0.15, 0.2) is 34.7 Å². The van der Waals surface area contributed by atoms with E-state index in [1.54, 1.807) is 35.8 Å². The lowest BCUT2D eigenvalue weighted by Gasteiger charge is -2.16. The average molecular weight is 357 g/mol. The van der Waals surface area contributed by atoms with Crippen LogP contribution >= 0.6 is 0 Å². The van der Waals surface area contributed by atoms with Crippen molar-refractivity contribution in [2.45, 2.75) is 26.3 Å². The van der Waals surface area contributed by atoms with Crippen LogP contribution in [0.2, 0.25) is 0 Å². The van der Waals surface area contributed by atoms with Gasteiger partial charge in [0.05, 0.1) is 5.69 Å². The summed E-state index contributed by atoms with van der Waals surface area (Å²) >= 11 is 0. The van der Waals surface area contributed by atoms with E-state index in [0.717, 1.165) is 17.0 Å². The first-order chi connectivity index (χ1) is 12.4. The maximum Gasteiger partial charge on any atom is 0.265 e. The molecule has 1 aromatic carbocycles. The zero-order chi connectivity index (χ0) is 18.7. The van der Waals surface area contributed by atoms with Gasteiger partial charge in [0.15, 0.2) is 0 Å². The highest BCUT2D eigenvalue weighted by atomic mass is 19.1. The number of rotatable bonds is 6. The lowest BCUT2D eigenvalue weighted by atomic mass is 10.2. The van der Waals surface area contributed by atoms with Crippen molar-refractivity contribution in [2.75, 3.05) is 7.05 Å². The number of hydrogen-bond acceptors (Lipinski definition) is 5. The molecule has 0 atom stereocenters. The second kappa shape index (κ2) is 7.47. The molecule has 0 N–H and O–H groups in total. The molecule has 1 amide bonds. The number of carbonyl (C=O) groups is 1. The molecule has 0 radical (unpaired) electrons. The van der Waals surface area contributed by atoms with E-state index < -0.39 is 0 Å². The normalized spacial score (nSPS) is 10.9. The first-order valence-electron chi connectivity index (χ1n) is 8.24. The van der Waals surface area contributed by atoms with Crippen molar-refractivity contribution in [3.8, 4) is 11.6 Å². The van der Waals surface area contributed by atoms with Gasteiger partial charge < -0.3 is 9.32 Å². The second-order valence-electron chi connectivity index (χ2n) is 6.17. The minimum Gasteiger partial charge on any atom is -0.419 e. The van der Waals surface area contributed by atoms with Crippen LogP contribution in [0.25, 0.3) is 11.6 Å². The molecule has 0 fully saturated rings. The van der Waals surface area contributed by atoms with Gasteiger partial charge in [-0.25, -0.2) is 4.39 Å². The van der Waals surface area contributed by atoms with E-state index >= 15 is 0 Å². The third-order valence-corrected chi connectivity index (χ3v) is 4.00. The number of hydrogen-bond donors (Lipinski definition) is 0. The van der Waals surface area contributed by atoms with Gasteiger partial charge in [0.25, 0.3) is 5.89 Å². The van der Waals surface area contributed by atoms with Crippen molar-refractivity contribution in [1.29, 1.82) is 0 Å². The summed E-state index contributed by atoms with van der Waals surface area (Å²) in [6.07, 6.45) is 0.611. The Morgan fingerprint density at radius 2 is 2.00 bits per heavy atom. The Morgan fingerprint density at radius 3 is 2.65 bits per heavy atom.